The summed E-state index contributed by atoms with van der Waals surface area (Å²) in [5, 5.41) is 3.23. The highest BCUT2D eigenvalue weighted by atomic mass is 28.3. The van der Waals surface area contributed by atoms with Crippen molar-refractivity contribution in [2.24, 2.45) is 5.92 Å². The van der Waals surface area contributed by atoms with Crippen LogP contribution < -0.4 is 5.19 Å². The summed E-state index contributed by atoms with van der Waals surface area (Å²) in [5.74, 6) is 0.920. The fourth-order valence-electron chi connectivity index (χ4n) is 7.80. The summed E-state index contributed by atoms with van der Waals surface area (Å²) >= 11 is 0. The van der Waals surface area contributed by atoms with Gasteiger partial charge in [0.1, 0.15) is 8.80 Å². The molecule has 2 atom stereocenters. The van der Waals surface area contributed by atoms with Gasteiger partial charge in [-0.1, -0.05) is 156 Å². The summed E-state index contributed by atoms with van der Waals surface area (Å²) in [5.41, 5.74) is 16.8. The normalized spacial score (nSPS) is 19.2. The molecule has 0 saturated heterocycles. The van der Waals surface area contributed by atoms with Crippen LogP contribution >= 0.6 is 0 Å². The summed E-state index contributed by atoms with van der Waals surface area (Å²) in [4.78, 5) is 0. The van der Waals surface area contributed by atoms with E-state index in [9.17, 15) is 0 Å². The predicted molar refractivity (Wildman–Crippen MR) is 192 cm³/mol. The van der Waals surface area contributed by atoms with Gasteiger partial charge in [-0.05, 0) is 94.9 Å². The van der Waals surface area contributed by atoms with E-state index in [1.807, 2.05) is 0 Å². The first kappa shape index (κ1) is 31.5. The van der Waals surface area contributed by atoms with Gasteiger partial charge in [0.15, 0.2) is 0 Å². The topological polar surface area (TPSA) is 0 Å². The molecule has 0 aromatic heterocycles. The van der Waals surface area contributed by atoms with Crippen LogP contribution in [0.2, 0.25) is 0 Å². The fraction of sp³-hybridized carbons (Fsp3) is 0.429. The molecule has 0 amide bonds. The second-order valence-corrected chi connectivity index (χ2v) is 18.1. The molecule has 3 aromatic rings. The third-order valence-electron chi connectivity index (χ3n) is 10.2. The lowest BCUT2D eigenvalue weighted by Gasteiger charge is -2.37. The molecule has 0 bridgehead atoms. The van der Waals surface area contributed by atoms with Gasteiger partial charge in [0.25, 0.3) is 0 Å². The van der Waals surface area contributed by atoms with Crippen molar-refractivity contribution in [2.75, 3.05) is 0 Å². The Morgan fingerprint density at radius 1 is 0.721 bits per heavy atom. The molecule has 1 radical (unpaired) electrons. The zero-order chi connectivity index (χ0) is 31.6. The average Bonchev–Trinajstić information content (AvgIpc) is 3.40. The Labute approximate surface area is 264 Å². The monoisotopic (exact) mass is 585 g/mol. The maximum absolute atomic E-state index is 2.56. The van der Waals surface area contributed by atoms with Crippen LogP contribution in [0.3, 0.4) is 0 Å². The largest absolute Gasteiger partial charge is 0.129 e. The number of aryl methyl sites for hydroxylation is 1. The van der Waals surface area contributed by atoms with Gasteiger partial charge in [-0.15, -0.1) is 0 Å². The van der Waals surface area contributed by atoms with E-state index in [0.717, 1.165) is 0 Å². The first-order valence-corrected chi connectivity index (χ1v) is 17.9. The van der Waals surface area contributed by atoms with Crippen molar-refractivity contribution >= 4 is 25.6 Å². The molecule has 0 N–H and O–H groups in total. The molecule has 0 fully saturated rings. The average molecular weight is 586 g/mol. The van der Waals surface area contributed by atoms with Crippen LogP contribution in [0.5, 0.6) is 0 Å². The minimum Gasteiger partial charge on any atom is -0.0663 e. The van der Waals surface area contributed by atoms with Crippen molar-refractivity contribution in [1.82, 2.24) is 0 Å². The van der Waals surface area contributed by atoms with Gasteiger partial charge >= 0.3 is 0 Å². The highest BCUT2D eigenvalue weighted by Crippen LogP contribution is 2.52. The minimum atomic E-state index is -1.23. The van der Waals surface area contributed by atoms with Gasteiger partial charge in [0.05, 0.1) is 0 Å². The lowest BCUT2D eigenvalue weighted by molar-refractivity contribution is 0.545. The Bertz CT molecular complexity index is 1640. The summed E-state index contributed by atoms with van der Waals surface area (Å²) in [6, 6.07) is 23.8. The molecule has 0 nitrogen and oxygen atoms in total. The van der Waals surface area contributed by atoms with E-state index in [1.54, 1.807) is 21.9 Å². The Balaban J connectivity index is 1.86. The zero-order valence-corrected chi connectivity index (χ0v) is 30.1. The highest BCUT2D eigenvalue weighted by Gasteiger charge is 2.43. The second kappa shape index (κ2) is 11.2. The Hall–Kier alpha value is -2.90. The predicted octanol–water partition coefficient (Wildman–Crippen LogP) is 11.1. The van der Waals surface area contributed by atoms with E-state index in [-0.39, 0.29) is 10.8 Å². The summed E-state index contributed by atoms with van der Waals surface area (Å²) in [7, 11) is -1.23. The number of hydrogen-bond donors (Lipinski definition) is 0. The Kier molecular flexibility index (Phi) is 8.23. The first-order valence-electron chi connectivity index (χ1n) is 16.4. The molecule has 2 unspecified atom stereocenters. The smallest absolute Gasteiger partial charge is 0.0663 e. The van der Waals surface area contributed by atoms with Gasteiger partial charge in [-0.2, -0.15) is 0 Å². The third kappa shape index (κ3) is 5.48. The number of hydrogen-bond acceptors (Lipinski definition) is 0. The van der Waals surface area contributed by atoms with Crippen molar-refractivity contribution in [3.63, 3.8) is 0 Å². The summed E-state index contributed by atoms with van der Waals surface area (Å²) in [6.07, 6.45) is 2.56. The van der Waals surface area contributed by atoms with Gasteiger partial charge in [-0.25, -0.2) is 0 Å². The molecule has 0 aliphatic heterocycles. The van der Waals surface area contributed by atoms with Crippen LogP contribution in [0, 0.1) is 12.8 Å². The van der Waals surface area contributed by atoms with E-state index in [2.05, 4.69) is 157 Å². The van der Waals surface area contributed by atoms with Crippen molar-refractivity contribution in [3.8, 4) is 0 Å². The summed E-state index contributed by atoms with van der Waals surface area (Å²) in [6.45, 7) is 31.0. The van der Waals surface area contributed by atoms with Crippen LogP contribution in [-0.2, 0) is 10.8 Å². The third-order valence-corrected chi connectivity index (χ3v) is 13.7. The van der Waals surface area contributed by atoms with E-state index in [0.29, 0.717) is 17.4 Å². The molecule has 0 heterocycles. The Morgan fingerprint density at radius 2 is 1.35 bits per heavy atom. The standard InChI is InChI=1S/C42H53Si/c1-25(2)37-36(41(8,9)10)23-22-34(38(37)42(11,12)13)35-24-31-16-14-15-17-33(31)40(35)43(32-20-18-26(3)19-21-32)39-29(6)27(4)28(5)30(39)7/h14-25,29,40H,1-13H3. The molecule has 5 rings (SSSR count). The number of rotatable bonds is 5. The second-order valence-electron chi connectivity index (χ2n) is 15.6. The number of fused-ring (bicyclic) bond motifs is 1. The highest BCUT2D eigenvalue weighted by molar-refractivity contribution is 6.83. The maximum Gasteiger partial charge on any atom is 0.129 e. The van der Waals surface area contributed by atoms with Gasteiger partial charge in [0, 0.05) is 5.54 Å². The van der Waals surface area contributed by atoms with E-state index in [1.165, 1.54) is 49.7 Å². The van der Waals surface area contributed by atoms with Crippen molar-refractivity contribution in [2.45, 2.75) is 112 Å². The molecule has 3 aromatic carbocycles. The molecule has 225 valence electrons. The van der Waals surface area contributed by atoms with Gasteiger partial charge in [-0.3, -0.25) is 0 Å². The molecular formula is C42H53Si. The minimum absolute atomic E-state index is 0.0116. The maximum atomic E-state index is 2.56. The first-order chi connectivity index (χ1) is 20.0. The Morgan fingerprint density at radius 3 is 1.88 bits per heavy atom. The number of benzene rings is 3. The van der Waals surface area contributed by atoms with E-state index in [4.69, 9.17) is 0 Å². The van der Waals surface area contributed by atoms with Crippen LogP contribution in [0.15, 0.2) is 82.6 Å². The fourth-order valence-corrected chi connectivity index (χ4v) is 11.7. The van der Waals surface area contributed by atoms with Crippen LogP contribution in [0.1, 0.15) is 133 Å². The van der Waals surface area contributed by atoms with E-state index < -0.39 is 8.80 Å². The van der Waals surface area contributed by atoms with Gasteiger partial charge in [0.2, 0.25) is 0 Å². The molecule has 0 saturated carbocycles. The molecule has 2 aliphatic carbocycles. The molecule has 1 heteroatoms. The lowest BCUT2D eigenvalue weighted by atomic mass is 9.70. The molecule has 2 aliphatic rings. The van der Waals surface area contributed by atoms with Crippen LogP contribution in [0.25, 0.3) is 11.6 Å². The van der Waals surface area contributed by atoms with E-state index >= 15 is 0 Å². The quantitative estimate of drug-likeness (QED) is 0.261. The van der Waals surface area contributed by atoms with Crippen LogP contribution in [0.4, 0.5) is 0 Å². The lowest BCUT2D eigenvalue weighted by Crippen LogP contribution is -2.41. The summed E-state index contributed by atoms with van der Waals surface area (Å²) < 4.78 is 0. The number of allylic oxidation sites excluding steroid dienone is 5. The van der Waals surface area contributed by atoms with Crippen molar-refractivity contribution in [1.29, 1.82) is 0 Å². The molecular weight excluding hydrogens is 533 g/mol. The van der Waals surface area contributed by atoms with Crippen LogP contribution in [-0.4, -0.2) is 8.80 Å². The molecule has 43 heavy (non-hydrogen) atoms. The van der Waals surface area contributed by atoms with Gasteiger partial charge < -0.3 is 0 Å². The SMILES string of the molecule is CC1=C(C)C(C)C([Si](c2ccc(C)cc2)C2C(c3ccc(C(C)(C)C)c(C(C)C)c3C(C)(C)C)=Cc3ccccc32)=C1C. The molecule has 0 spiro atoms. The van der Waals surface area contributed by atoms with Crippen molar-refractivity contribution < 1.29 is 0 Å². The van der Waals surface area contributed by atoms with Crippen molar-refractivity contribution in [3.05, 3.63) is 122 Å². The zero-order valence-electron chi connectivity index (χ0n) is 29.1.